The fourth-order valence-electron chi connectivity index (χ4n) is 6.54. The van der Waals surface area contributed by atoms with Gasteiger partial charge in [0, 0.05) is 22.0 Å². The van der Waals surface area contributed by atoms with E-state index in [1.165, 1.54) is 12.4 Å². The molecular weight excluding hydrogens is 1680 g/mol. The van der Waals surface area contributed by atoms with Gasteiger partial charge in [0.25, 0.3) is 17.6 Å². The number of hydrogen-bond acceptors (Lipinski definition) is 11. The normalized spacial score (nSPS) is 11.5. The number of nitrogens with one attached hydrogen (secondary N) is 1. The summed E-state index contributed by atoms with van der Waals surface area (Å²) >= 11 is 24.6. The molecule has 9 unspecified atom stereocenters. The minimum absolute atomic E-state index is 0. The summed E-state index contributed by atoms with van der Waals surface area (Å²) in [6.07, 6.45) is 4.72. The van der Waals surface area contributed by atoms with Gasteiger partial charge in [-0.15, -0.1) is 74.1 Å². The van der Waals surface area contributed by atoms with E-state index in [0.717, 1.165) is 87.6 Å². The Kier molecular flexibility index (Phi) is 44.1. The summed E-state index contributed by atoms with van der Waals surface area (Å²) in [6.45, 7) is 11.5. The summed E-state index contributed by atoms with van der Waals surface area (Å²) in [6, 6.07) is 18.7. The molecule has 8 aromatic rings. The van der Waals surface area contributed by atoms with Gasteiger partial charge in [0.05, 0.1) is 66.4 Å². The quantitative estimate of drug-likeness (QED) is 0.0257. The van der Waals surface area contributed by atoms with Gasteiger partial charge in [0.2, 0.25) is 0 Å². The average molecular weight is 1740 g/mol. The van der Waals surface area contributed by atoms with E-state index >= 15 is 0 Å². The molecule has 8 rings (SSSR count). The minimum atomic E-state index is -1.00. The van der Waals surface area contributed by atoms with Crippen molar-refractivity contribution in [2.24, 2.45) is 11.8 Å². The molecule has 15 nitrogen and oxygen atoms in total. The van der Waals surface area contributed by atoms with E-state index in [-0.39, 0.29) is 192 Å². The van der Waals surface area contributed by atoms with Crippen molar-refractivity contribution < 1.29 is 160 Å². The van der Waals surface area contributed by atoms with Crippen molar-refractivity contribution in [1.82, 2.24) is 48.6 Å². The Morgan fingerprint density at radius 1 is 0.769 bits per heavy atom. The summed E-state index contributed by atoms with van der Waals surface area (Å²) in [7, 11) is 21.2. The van der Waals surface area contributed by atoms with Crippen LogP contribution in [-0.4, -0.2) is 62.2 Å². The van der Waals surface area contributed by atoms with Crippen molar-refractivity contribution in [2.75, 3.05) is 7.15 Å². The molecule has 0 aliphatic carbocycles. The van der Waals surface area contributed by atoms with Gasteiger partial charge in [-0.1, -0.05) is 90.7 Å². The number of benzene rings is 2. The first-order chi connectivity index (χ1) is 36.5. The Bertz CT molecular complexity index is 3260. The second-order valence-electron chi connectivity index (χ2n) is 16.1. The molecule has 6 aromatic heterocycles. The molecule has 6 heterocycles. The topological polar surface area (TPSA) is 191 Å². The fourth-order valence-corrected chi connectivity index (χ4v) is 135. The number of hydrogen-bond donors (Lipinski definition) is 1. The number of rotatable bonds is 15. The third-order valence-electron chi connectivity index (χ3n) is 9.90. The first-order valence-corrected chi connectivity index (χ1v) is 47.7. The van der Waals surface area contributed by atoms with Crippen LogP contribution in [0.3, 0.4) is 0 Å². The molecule has 0 radical (unpaired) electrons. The predicted octanol–water partition coefficient (Wildman–Crippen LogP) is 10.5. The molecule has 9 atom stereocenters. The first-order valence-electron chi connectivity index (χ1n) is 22.7. The molecule has 0 amide bonds. The molecule has 0 aliphatic heterocycles. The SMILES string of the molecule is CC(C)CCn1c(CCl)nc2nc(Cl)ccc21.CC(C)CCn1c(Cn2c(=O)cnc3ccc(Br)cc32)nc2nc(Cl)ccc21.O=CO[O-].O=c1cnc2ccc(Br)cc2[nH]1.PPP(P(P)P)P(P(P)P)P(P)P.[2H]CF.[Cs+].[Cs+].[H-]. The Balaban J connectivity index is 0.00000104. The molecule has 36 heteroatoms. The number of carbonyl (C=O) groups is 1. The van der Waals surface area contributed by atoms with Crippen LogP contribution in [0.25, 0.3) is 44.4 Å². The molecule has 0 aliphatic rings. The van der Waals surface area contributed by atoms with E-state index in [9.17, 15) is 14.0 Å². The maximum absolute atomic E-state index is 12.6. The van der Waals surface area contributed by atoms with E-state index < -0.39 is 7.15 Å². The number of fused-ring (bicyclic) bond motifs is 4. The van der Waals surface area contributed by atoms with Gasteiger partial charge in [0.15, 0.2) is 11.3 Å². The number of alkyl halides is 2. The zero-order valence-corrected chi connectivity index (χ0v) is 74.8. The Labute approximate surface area is 629 Å². The number of aromatic nitrogens is 10. The molecule has 2 aromatic carbocycles. The zero-order chi connectivity index (χ0) is 57.5. The average Bonchev–Trinajstić information content (AvgIpc) is 3.90. The number of imidazole rings is 2. The van der Waals surface area contributed by atoms with Crippen molar-refractivity contribution in [3.05, 3.63) is 125 Å². The Hall–Kier alpha value is 4.84. The van der Waals surface area contributed by atoms with Gasteiger partial charge < -0.3 is 25.7 Å². The van der Waals surface area contributed by atoms with Crippen LogP contribution >= 0.6 is 172 Å². The van der Waals surface area contributed by atoms with Gasteiger partial charge in [0.1, 0.15) is 22.0 Å². The molecule has 1 N–H and O–H groups in total. The smallest absolute Gasteiger partial charge is 1.00 e. The van der Waals surface area contributed by atoms with E-state index in [0.29, 0.717) is 45.9 Å². The Morgan fingerprint density at radius 2 is 1.24 bits per heavy atom. The van der Waals surface area contributed by atoms with Crippen molar-refractivity contribution in [2.45, 2.75) is 66.1 Å². The van der Waals surface area contributed by atoms with E-state index in [1.807, 2.05) is 48.5 Å². The van der Waals surface area contributed by atoms with Crippen LogP contribution in [0.5, 0.6) is 0 Å². The van der Waals surface area contributed by atoms with Gasteiger partial charge in [-0.3, -0.25) is 23.3 Å². The third kappa shape index (κ3) is 27.1. The number of H-pyrrole nitrogens is 1. The maximum atomic E-state index is 12.6. The molecule has 0 saturated carbocycles. The van der Waals surface area contributed by atoms with Gasteiger partial charge in [-0.05, 0) is 120 Å². The van der Waals surface area contributed by atoms with Crippen molar-refractivity contribution in [3.63, 3.8) is 0 Å². The molecular formula is C42H59Br2Cl3Cs2FN10O5P13. The fraction of sp³-hybridized carbons (Fsp3) is 0.310. The van der Waals surface area contributed by atoms with E-state index in [4.69, 9.17) is 51.2 Å². The van der Waals surface area contributed by atoms with Crippen LogP contribution in [0, 0.1) is 11.8 Å². The number of aryl methyl sites for hydroxylation is 2. The van der Waals surface area contributed by atoms with Crippen LogP contribution in [0.4, 0.5) is 4.39 Å². The number of halogens is 6. The first kappa shape index (κ1) is 78.9. The van der Waals surface area contributed by atoms with E-state index in [2.05, 4.69) is 166 Å². The summed E-state index contributed by atoms with van der Waals surface area (Å²) in [5.74, 6) is 3.23. The number of aromatic amines is 1. The maximum Gasteiger partial charge on any atom is 1.00 e. The largest absolute Gasteiger partial charge is 1.00 e. The van der Waals surface area contributed by atoms with Gasteiger partial charge in [-0.25, -0.2) is 29.9 Å². The van der Waals surface area contributed by atoms with Crippen LogP contribution in [0.1, 0.15) is 55.0 Å². The second-order valence-corrected chi connectivity index (χ2v) is 66.4. The number of nitrogens with zero attached hydrogens (tertiary/aromatic N) is 9. The summed E-state index contributed by atoms with van der Waals surface area (Å²) in [4.78, 5) is 63.3. The number of carbonyl (C=O) groups excluding carboxylic acids is 1. The third-order valence-corrected chi connectivity index (χ3v) is 84.9. The van der Waals surface area contributed by atoms with Gasteiger partial charge in [-0.2, -0.15) is 0 Å². The van der Waals surface area contributed by atoms with Crippen molar-refractivity contribution >= 4 is 223 Å². The molecule has 0 saturated heterocycles. The van der Waals surface area contributed by atoms with Crippen LogP contribution < -0.4 is 154 Å². The molecule has 78 heavy (non-hydrogen) atoms. The second kappa shape index (κ2) is 43.5. The molecule has 416 valence electrons. The van der Waals surface area contributed by atoms with Crippen LogP contribution in [0.2, 0.25) is 10.3 Å². The Morgan fingerprint density at radius 3 is 1.69 bits per heavy atom. The van der Waals surface area contributed by atoms with Crippen LogP contribution in [-0.2, 0) is 35.2 Å². The summed E-state index contributed by atoms with van der Waals surface area (Å²) in [5, 5.41) is 9.30. The number of pyridine rings is 2. The van der Waals surface area contributed by atoms with Crippen molar-refractivity contribution in [3.8, 4) is 0 Å². The van der Waals surface area contributed by atoms with Crippen LogP contribution in [0.15, 0.2) is 91.6 Å². The van der Waals surface area contributed by atoms with E-state index in [1.54, 1.807) is 16.7 Å². The molecule has 0 spiro atoms. The molecule has 0 fully saturated rings. The zero-order valence-electron chi connectivity index (χ0n) is 45.2. The summed E-state index contributed by atoms with van der Waals surface area (Å²) in [5.41, 5.74) is 5.91. The predicted molar refractivity (Wildman–Crippen MR) is 363 cm³/mol. The molecule has 0 bridgehead atoms. The van der Waals surface area contributed by atoms with Gasteiger partial charge >= 0.3 is 138 Å². The summed E-state index contributed by atoms with van der Waals surface area (Å²) < 4.78 is 23.3. The minimum Gasteiger partial charge on any atom is -1.00 e. The monoisotopic (exact) mass is 1730 g/mol. The standard InChI is InChI=1S/C20H19BrClN5O.C12H15Cl2N3.C8H5BrN2O.CH3F.CH2O3.2Cs.H15P13.H/c1-12(2)7-8-26-15-5-6-17(22)24-20(15)25-18(26)11-27-16-9-13(21)3-4-14(16)23-10-19(27)28;1-8(2)5-6-17-9-3-4-10(14)15-12(9)16-11(17)7-13;9-5-1-2-6-7(3-5)11-8(12)4-10-6;1-2;2-1-4-3;;;1-8-12(9(2)3)13(10(4)5)11(6)7;/h3-6,9-10,12H,7-8,11H2,1-2H3;3-4,8H,5-7H2,1-2H3;1-4H,(H,11,12);1H3;1,3H;;;8H,1-7H2;/q;;;;;2*+1;;-1/p-1/i;;;1D;;;;;. The van der Waals surface area contributed by atoms with Crippen molar-refractivity contribution in [1.29, 1.82) is 0 Å².